The van der Waals surface area contributed by atoms with Gasteiger partial charge in [0.25, 0.3) is 0 Å². The molecule has 5 heteroatoms. The van der Waals surface area contributed by atoms with Crippen molar-refractivity contribution in [2.24, 2.45) is 0 Å². The monoisotopic (exact) mass is 433 g/mol. The molecule has 3 heterocycles. The third kappa shape index (κ3) is 4.80. The van der Waals surface area contributed by atoms with Gasteiger partial charge in [0.2, 0.25) is 0 Å². The first kappa shape index (κ1) is 21.7. The highest BCUT2D eigenvalue weighted by atomic mass is 16.3. The van der Waals surface area contributed by atoms with Gasteiger partial charge in [-0.25, -0.2) is 0 Å². The molecule has 1 aliphatic carbocycles. The van der Waals surface area contributed by atoms with Gasteiger partial charge in [-0.1, -0.05) is 24.6 Å². The van der Waals surface area contributed by atoms with Crippen molar-refractivity contribution in [3.8, 4) is 0 Å². The van der Waals surface area contributed by atoms with Crippen molar-refractivity contribution in [2.75, 3.05) is 32.7 Å². The van der Waals surface area contributed by atoms with Crippen molar-refractivity contribution in [2.45, 2.75) is 63.0 Å². The maximum atomic E-state index is 12.9. The Morgan fingerprint density at radius 1 is 1.06 bits per heavy atom. The highest BCUT2D eigenvalue weighted by Crippen LogP contribution is 2.34. The van der Waals surface area contributed by atoms with E-state index in [0.717, 1.165) is 57.3 Å². The summed E-state index contributed by atoms with van der Waals surface area (Å²) >= 11 is 0. The summed E-state index contributed by atoms with van der Waals surface area (Å²) in [7, 11) is 0. The number of ketones is 1. The van der Waals surface area contributed by atoms with Crippen LogP contribution in [0.25, 0.3) is 0 Å². The Morgan fingerprint density at radius 3 is 2.72 bits per heavy atom. The lowest BCUT2D eigenvalue weighted by atomic mass is 9.87. The molecule has 1 aromatic carbocycles. The lowest BCUT2D eigenvalue weighted by molar-refractivity contribution is -0.0574. The molecule has 0 radical (unpaired) electrons. The summed E-state index contributed by atoms with van der Waals surface area (Å²) in [6.45, 7) is 3.75. The van der Waals surface area contributed by atoms with Gasteiger partial charge in [-0.15, -0.1) is 0 Å². The van der Waals surface area contributed by atoms with E-state index in [0.29, 0.717) is 19.1 Å². The highest BCUT2D eigenvalue weighted by Gasteiger charge is 2.37. The van der Waals surface area contributed by atoms with Crippen LogP contribution >= 0.6 is 0 Å². The predicted molar refractivity (Wildman–Crippen MR) is 126 cm³/mol. The molecule has 1 atom stereocenters. The molecule has 2 aromatic rings. The van der Waals surface area contributed by atoms with Crippen molar-refractivity contribution < 1.29 is 9.90 Å². The Labute approximate surface area is 191 Å². The molecule has 0 spiro atoms. The molecular weight excluding hydrogens is 398 g/mol. The average molecular weight is 434 g/mol. The van der Waals surface area contributed by atoms with Crippen LogP contribution in [-0.4, -0.2) is 64.0 Å². The number of carbonyl (C=O) groups excluding carboxylic acids is 1. The number of hydrogen-bond donors (Lipinski definition) is 1. The number of Topliss-reactive ketones (excluding diaryl/α,β-unsaturated/α-hetero) is 1. The first-order valence-electron chi connectivity index (χ1n) is 12.3. The summed E-state index contributed by atoms with van der Waals surface area (Å²) in [5.41, 5.74) is 4.19. The van der Waals surface area contributed by atoms with E-state index in [1.54, 1.807) is 0 Å². The average Bonchev–Trinajstić information content (AvgIpc) is 3.29. The first-order valence-corrected chi connectivity index (χ1v) is 12.3. The van der Waals surface area contributed by atoms with Crippen LogP contribution in [0.2, 0.25) is 0 Å². The molecule has 5 nitrogen and oxygen atoms in total. The lowest BCUT2D eigenvalue weighted by Gasteiger charge is -2.44. The van der Waals surface area contributed by atoms with Gasteiger partial charge in [-0.2, -0.15) is 0 Å². The Hall–Kier alpha value is -2.08. The molecule has 0 amide bonds. The molecule has 0 bridgehead atoms. The Kier molecular flexibility index (Phi) is 6.40. The SMILES string of the molecule is O=C(CN1CCC(O)(CN2CCCCC2c2cccnc2)CC1)c1ccc2c(c1)CCC2. The second-order valence-corrected chi connectivity index (χ2v) is 10.0. The number of nitrogens with zero attached hydrogens (tertiary/aromatic N) is 3. The maximum absolute atomic E-state index is 12.9. The number of carbonyl (C=O) groups is 1. The summed E-state index contributed by atoms with van der Waals surface area (Å²) in [5, 5.41) is 11.4. The van der Waals surface area contributed by atoms with E-state index < -0.39 is 5.60 Å². The third-order valence-electron chi connectivity index (χ3n) is 7.75. The fraction of sp³-hybridized carbons (Fsp3) is 0.556. The summed E-state index contributed by atoms with van der Waals surface area (Å²) in [6.07, 6.45) is 12.2. The van der Waals surface area contributed by atoms with Gasteiger partial charge in [-0.3, -0.25) is 19.6 Å². The van der Waals surface area contributed by atoms with E-state index in [-0.39, 0.29) is 5.78 Å². The zero-order valence-electron chi connectivity index (χ0n) is 19.0. The lowest BCUT2D eigenvalue weighted by Crippen LogP contribution is -2.53. The standard InChI is InChI=1S/C27H35N3O2/c31-26(23-10-9-21-5-3-6-22(21)17-23)19-29-15-11-27(32,12-16-29)20-30-14-2-1-8-25(30)24-7-4-13-28-18-24/h4,7,9-10,13,17-18,25,32H,1-3,5-6,8,11-12,14-16,19-20H2. The quantitative estimate of drug-likeness (QED) is 0.702. The smallest absolute Gasteiger partial charge is 0.176 e. The van der Waals surface area contributed by atoms with Crippen molar-refractivity contribution in [1.82, 2.24) is 14.8 Å². The fourth-order valence-corrected chi connectivity index (χ4v) is 5.83. The largest absolute Gasteiger partial charge is 0.388 e. The summed E-state index contributed by atoms with van der Waals surface area (Å²) in [4.78, 5) is 21.9. The Bertz CT molecular complexity index is 937. The molecule has 1 aromatic heterocycles. The zero-order chi connectivity index (χ0) is 22.0. The number of β-amino-alcohol motifs (C(OH)–C–C–N with tert-alkyl or cyclic N) is 1. The van der Waals surface area contributed by atoms with Gasteiger partial charge < -0.3 is 5.11 Å². The van der Waals surface area contributed by atoms with Crippen LogP contribution in [0.5, 0.6) is 0 Å². The predicted octanol–water partition coefficient (Wildman–Crippen LogP) is 3.81. The Balaban J connectivity index is 1.17. The van der Waals surface area contributed by atoms with Crippen molar-refractivity contribution in [3.05, 3.63) is 65.0 Å². The maximum Gasteiger partial charge on any atom is 0.176 e. The number of aromatic nitrogens is 1. The van der Waals surface area contributed by atoms with E-state index in [1.807, 2.05) is 24.5 Å². The first-order chi connectivity index (χ1) is 15.6. The third-order valence-corrected chi connectivity index (χ3v) is 7.75. The molecule has 2 saturated heterocycles. The van der Waals surface area contributed by atoms with E-state index in [1.165, 1.54) is 36.0 Å². The minimum atomic E-state index is -0.676. The van der Waals surface area contributed by atoms with Crippen LogP contribution < -0.4 is 0 Å². The highest BCUT2D eigenvalue weighted by molar-refractivity contribution is 5.97. The number of pyridine rings is 1. The van der Waals surface area contributed by atoms with Crippen LogP contribution in [0.15, 0.2) is 42.7 Å². The molecule has 3 aliphatic rings. The molecule has 0 saturated carbocycles. The van der Waals surface area contributed by atoms with Crippen molar-refractivity contribution in [1.29, 1.82) is 0 Å². The van der Waals surface area contributed by atoms with Crippen LogP contribution in [0.4, 0.5) is 0 Å². The van der Waals surface area contributed by atoms with Crippen LogP contribution in [0.1, 0.15) is 71.6 Å². The number of aliphatic hydroxyl groups is 1. The van der Waals surface area contributed by atoms with Crippen LogP contribution in [0.3, 0.4) is 0 Å². The number of benzene rings is 1. The molecule has 5 rings (SSSR count). The van der Waals surface area contributed by atoms with Gasteiger partial charge >= 0.3 is 0 Å². The number of rotatable bonds is 6. The molecule has 32 heavy (non-hydrogen) atoms. The number of fused-ring (bicyclic) bond motifs is 1. The molecule has 1 unspecified atom stereocenters. The fourth-order valence-electron chi connectivity index (χ4n) is 5.83. The van der Waals surface area contributed by atoms with Crippen LogP contribution in [-0.2, 0) is 12.8 Å². The minimum Gasteiger partial charge on any atom is -0.388 e. The van der Waals surface area contributed by atoms with Gasteiger partial charge in [0, 0.05) is 43.6 Å². The van der Waals surface area contributed by atoms with Gasteiger partial charge in [0.05, 0.1) is 12.1 Å². The van der Waals surface area contributed by atoms with Crippen molar-refractivity contribution >= 4 is 5.78 Å². The van der Waals surface area contributed by atoms with E-state index >= 15 is 0 Å². The zero-order valence-corrected chi connectivity index (χ0v) is 19.0. The number of hydrogen-bond acceptors (Lipinski definition) is 5. The van der Waals surface area contributed by atoms with E-state index in [4.69, 9.17) is 0 Å². The topological polar surface area (TPSA) is 56.7 Å². The van der Waals surface area contributed by atoms with E-state index in [2.05, 4.69) is 33.0 Å². The number of piperidine rings is 2. The Morgan fingerprint density at radius 2 is 1.91 bits per heavy atom. The summed E-state index contributed by atoms with van der Waals surface area (Å²) in [6, 6.07) is 10.8. The van der Waals surface area contributed by atoms with Gasteiger partial charge in [0.15, 0.2) is 5.78 Å². The number of likely N-dealkylation sites (tertiary alicyclic amines) is 2. The minimum absolute atomic E-state index is 0.206. The van der Waals surface area contributed by atoms with E-state index in [9.17, 15) is 9.90 Å². The molecule has 1 N–H and O–H groups in total. The molecule has 170 valence electrons. The van der Waals surface area contributed by atoms with Gasteiger partial charge in [0.1, 0.15) is 0 Å². The molecular formula is C27H35N3O2. The second kappa shape index (κ2) is 9.42. The van der Waals surface area contributed by atoms with Crippen molar-refractivity contribution in [3.63, 3.8) is 0 Å². The normalized spacial score (nSPS) is 23.7. The molecule has 2 fully saturated rings. The number of aryl methyl sites for hydroxylation is 2. The summed E-state index contributed by atoms with van der Waals surface area (Å²) in [5.74, 6) is 0.206. The second-order valence-electron chi connectivity index (χ2n) is 10.0. The van der Waals surface area contributed by atoms with Gasteiger partial charge in [-0.05, 0) is 80.3 Å². The molecule has 2 aliphatic heterocycles. The summed E-state index contributed by atoms with van der Waals surface area (Å²) < 4.78 is 0. The van der Waals surface area contributed by atoms with Crippen LogP contribution in [0, 0.1) is 0 Å².